The number of hydrogen-bond acceptors (Lipinski definition) is 8. The fourth-order valence-electron chi connectivity index (χ4n) is 6.22. The topological polar surface area (TPSA) is 136 Å². The van der Waals surface area contributed by atoms with E-state index in [4.69, 9.17) is 0 Å². The van der Waals surface area contributed by atoms with Crippen molar-refractivity contribution in [3.05, 3.63) is 81.5 Å². The Bertz CT molecular complexity index is 2010. The van der Waals surface area contributed by atoms with Crippen LogP contribution < -0.4 is 15.9 Å². The van der Waals surface area contributed by atoms with Gasteiger partial charge in [-0.3, -0.25) is 23.6 Å². The number of amides is 2. The molecule has 2 aromatic heterocycles. The number of anilines is 3. The van der Waals surface area contributed by atoms with Crippen molar-refractivity contribution in [2.75, 3.05) is 23.3 Å². The van der Waals surface area contributed by atoms with Crippen LogP contribution in [0.4, 0.5) is 30.5 Å². The van der Waals surface area contributed by atoms with Gasteiger partial charge in [-0.15, -0.1) is 0 Å². The number of aliphatic hydroxyl groups is 1. The number of hydrogen-bond donors (Lipinski definition) is 2. The number of pyridine rings is 1. The van der Waals surface area contributed by atoms with E-state index in [1.807, 2.05) is 6.07 Å². The molecule has 2 N–H and O–H groups in total. The molecule has 0 saturated carbocycles. The van der Waals surface area contributed by atoms with Crippen molar-refractivity contribution >= 4 is 40.2 Å². The number of rotatable bonds is 7. The summed E-state index contributed by atoms with van der Waals surface area (Å²) in [6, 6.07) is 11.8. The average molecular weight is 648 g/mol. The number of nitriles is 1. The SMILES string of the molecule is C[C@@H]1CN(c2nc(Nc3ccc4c(c3)n(CCC(C)(C)O)c(=O)n4C)c(F)cc2C#N)C[C@H](N2C(=O)c3ccccc3C2=O)C1(F)F. The van der Waals surface area contributed by atoms with Gasteiger partial charge < -0.3 is 15.3 Å². The van der Waals surface area contributed by atoms with Crippen LogP contribution in [0.3, 0.4) is 0 Å². The number of benzene rings is 2. The third-order valence-corrected chi connectivity index (χ3v) is 8.86. The van der Waals surface area contributed by atoms with Crippen LogP contribution in [0.25, 0.3) is 11.0 Å². The molecule has 1 saturated heterocycles. The number of imidazole rings is 1. The Morgan fingerprint density at radius 2 is 1.72 bits per heavy atom. The van der Waals surface area contributed by atoms with Crippen LogP contribution in [0.5, 0.6) is 0 Å². The van der Waals surface area contributed by atoms with Crippen molar-refractivity contribution in [3.8, 4) is 6.07 Å². The lowest BCUT2D eigenvalue weighted by molar-refractivity contribution is -0.111. The molecule has 11 nitrogen and oxygen atoms in total. The largest absolute Gasteiger partial charge is 0.390 e. The standard InChI is InChI=1S/C33H32F3N7O4/c1-18-16-41(17-26(33(18,35)36)43-29(44)21-7-5-6-8-22(21)30(43)45)28-19(15-37)13-23(34)27(39-28)38-20-9-10-24-25(14-20)42(31(46)40(24)4)12-11-32(2,3)47/h5-10,13-14,18,26,47H,11-12,16-17H2,1-4H3,(H,38,39)/t18-,26+/m1/s1. The van der Waals surface area contributed by atoms with Crippen molar-refractivity contribution < 1.29 is 27.9 Å². The maximum absolute atomic E-state index is 15.7. The van der Waals surface area contributed by atoms with Gasteiger partial charge in [-0.2, -0.15) is 5.26 Å². The normalized spacial score (nSPS) is 19.3. The molecule has 2 aromatic carbocycles. The van der Waals surface area contributed by atoms with Gasteiger partial charge in [0.15, 0.2) is 11.6 Å². The van der Waals surface area contributed by atoms with Gasteiger partial charge in [-0.1, -0.05) is 19.1 Å². The molecular formula is C33H32F3N7O4. The Hall–Kier alpha value is -5.16. The van der Waals surface area contributed by atoms with E-state index in [-0.39, 0.29) is 47.1 Å². The van der Waals surface area contributed by atoms with Crippen LogP contribution in [-0.4, -0.2) is 66.6 Å². The van der Waals surface area contributed by atoms with Gasteiger partial charge in [0, 0.05) is 38.3 Å². The third kappa shape index (κ3) is 5.40. The number of piperidine rings is 1. The summed E-state index contributed by atoms with van der Waals surface area (Å²) < 4.78 is 49.8. The molecule has 14 heteroatoms. The minimum absolute atomic E-state index is 0.0306. The first kappa shape index (κ1) is 31.8. The van der Waals surface area contributed by atoms with Crippen molar-refractivity contribution in [2.45, 2.75) is 51.3 Å². The van der Waals surface area contributed by atoms with Crippen LogP contribution in [-0.2, 0) is 13.6 Å². The molecule has 0 radical (unpaired) electrons. The van der Waals surface area contributed by atoms with Crippen LogP contribution >= 0.6 is 0 Å². The van der Waals surface area contributed by atoms with Crippen LogP contribution in [0, 0.1) is 23.1 Å². The number of alkyl halides is 2. The van der Waals surface area contributed by atoms with E-state index in [0.717, 1.165) is 6.07 Å². The highest BCUT2D eigenvalue weighted by molar-refractivity contribution is 6.21. The van der Waals surface area contributed by atoms with E-state index in [0.29, 0.717) is 28.0 Å². The van der Waals surface area contributed by atoms with Crippen LogP contribution in [0.1, 0.15) is 53.5 Å². The highest BCUT2D eigenvalue weighted by atomic mass is 19.3. The molecular weight excluding hydrogens is 615 g/mol. The van der Waals surface area contributed by atoms with E-state index in [2.05, 4.69) is 10.3 Å². The van der Waals surface area contributed by atoms with Crippen molar-refractivity contribution in [1.82, 2.24) is 19.0 Å². The molecule has 2 aliphatic rings. The van der Waals surface area contributed by atoms with E-state index in [1.54, 1.807) is 51.2 Å². The number of carbonyl (C=O) groups excluding carboxylic acids is 2. The number of carbonyl (C=O) groups is 2. The summed E-state index contributed by atoms with van der Waals surface area (Å²) in [6.45, 7) is 3.95. The molecule has 6 rings (SSSR count). The number of imide groups is 1. The molecule has 0 bridgehead atoms. The number of nitrogens with zero attached hydrogens (tertiary/aromatic N) is 6. The summed E-state index contributed by atoms with van der Waals surface area (Å²) in [5.41, 5.74) is 0.0124. The van der Waals surface area contributed by atoms with Gasteiger partial charge >= 0.3 is 5.69 Å². The summed E-state index contributed by atoms with van der Waals surface area (Å²) in [5.74, 6) is -7.80. The molecule has 0 spiro atoms. The van der Waals surface area contributed by atoms with Gasteiger partial charge in [-0.25, -0.2) is 22.9 Å². The summed E-state index contributed by atoms with van der Waals surface area (Å²) in [5, 5.41) is 23.0. The summed E-state index contributed by atoms with van der Waals surface area (Å²) in [7, 11) is 1.62. The Morgan fingerprint density at radius 3 is 2.34 bits per heavy atom. The second-order valence-corrected chi connectivity index (χ2v) is 12.7. The maximum atomic E-state index is 15.7. The molecule has 0 unspecified atom stereocenters. The monoisotopic (exact) mass is 647 g/mol. The first-order chi connectivity index (χ1) is 22.1. The molecule has 2 aliphatic heterocycles. The van der Waals surface area contributed by atoms with Gasteiger partial charge in [0.05, 0.1) is 33.3 Å². The average Bonchev–Trinajstić information content (AvgIpc) is 3.41. The quantitative estimate of drug-likeness (QED) is 0.282. The van der Waals surface area contributed by atoms with Gasteiger partial charge in [0.1, 0.15) is 17.9 Å². The van der Waals surface area contributed by atoms with E-state index >= 15 is 13.2 Å². The number of halogens is 3. The predicted molar refractivity (Wildman–Crippen MR) is 167 cm³/mol. The van der Waals surface area contributed by atoms with Crippen molar-refractivity contribution in [1.29, 1.82) is 5.26 Å². The van der Waals surface area contributed by atoms with Crippen LogP contribution in [0.2, 0.25) is 0 Å². The first-order valence-electron chi connectivity index (χ1n) is 15.0. The van der Waals surface area contributed by atoms with Crippen molar-refractivity contribution in [2.24, 2.45) is 13.0 Å². The van der Waals surface area contributed by atoms with E-state index in [1.165, 1.54) is 33.1 Å². The van der Waals surface area contributed by atoms with Gasteiger partial charge in [-0.05, 0) is 56.7 Å². The van der Waals surface area contributed by atoms with E-state index in [9.17, 15) is 24.8 Å². The fourth-order valence-corrected chi connectivity index (χ4v) is 6.22. The lowest BCUT2D eigenvalue weighted by Crippen LogP contribution is -2.64. The molecule has 4 heterocycles. The van der Waals surface area contributed by atoms with Crippen LogP contribution in [0.15, 0.2) is 53.3 Å². The summed E-state index contributed by atoms with van der Waals surface area (Å²) >= 11 is 0. The summed E-state index contributed by atoms with van der Waals surface area (Å²) in [6.07, 6.45) is 0.299. The zero-order chi connectivity index (χ0) is 34.0. The highest BCUT2D eigenvalue weighted by Gasteiger charge is 2.57. The number of aryl methyl sites for hydroxylation is 2. The van der Waals surface area contributed by atoms with Crippen molar-refractivity contribution in [3.63, 3.8) is 0 Å². The zero-order valence-electron chi connectivity index (χ0n) is 26.1. The second-order valence-electron chi connectivity index (χ2n) is 12.7. The van der Waals surface area contributed by atoms with E-state index < -0.39 is 47.7 Å². The third-order valence-electron chi connectivity index (χ3n) is 8.86. The Morgan fingerprint density at radius 1 is 1.06 bits per heavy atom. The second kappa shape index (κ2) is 11.3. The molecule has 2 amide bonds. The van der Waals surface area contributed by atoms with Gasteiger partial charge in [0.25, 0.3) is 17.7 Å². The first-order valence-corrected chi connectivity index (χ1v) is 15.0. The fraction of sp³-hybridized carbons (Fsp3) is 0.364. The highest BCUT2D eigenvalue weighted by Crippen LogP contribution is 2.41. The van der Waals surface area contributed by atoms with Gasteiger partial charge in [0.2, 0.25) is 0 Å². The smallest absolute Gasteiger partial charge is 0.328 e. The minimum Gasteiger partial charge on any atom is -0.390 e. The Labute approximate surface area is 267 Å². The Balaban J connectivity index is 1.35. The predicted octanol–water partition coefficient (Wildman–Crippen LogP) is 4.41. The molecule has 2 atom stereocenters. The molecule has 1 fully saturated rings. The number of nitrogens with one attached hydrogen (secondary N) is 1. The Kier molecular flexibility index (Phi) is 7.63. The zero-order valence-corrected chi connectivity index (χ0v) is 26.1. The molecule has 244 valence electrons. The molecule has 0 aliphatic carbocycles. The molecule has 4 aromatic rings. The lowest BCUT2D eigenvalue weighted by atomic mass is 9.89. The maximum Gasteiger partial charge on any atom is 0.328 e. The number of aromatic nitrogens is 3. The molecule has 47 heavy (non-hydrogen) atoms. The minimum atomic E-state index is -3.47. The summed E-state index contributed by atoms with van der Waals surface area (Å²) in [4.78, 5) is 45.6. The lowest BCUT2D eigenvalue weighted by Gasteiger charge is -2.45. The number of fused-ring (bicyclic) bond motifs is 2.